The third-order valence-electron chi connectivity index (χ3n) is 14.4. The Labute approximate surface area is 498 Å². The fourth-order valence-electron chi connectivity index (χ4n) is 9.42. The van der Waals surface area contributed by atoms with Crippen LogP contribution in [0.4, 0.5) is 0 Å². The number of hydrogen-bond acceptors (Lipinski definition) is 15. The summed E-state index contributed by atoms with van der Waals surface area (Å²) in [5, 5.41) is 18.6. The molecule has 6 amide bonds. The quantitative estimate of drug-likeness (QED) is 0.0370. The van der Waals surface area contributed by atoms with E-state index in [1.807, 2.05) is 51.3 Å². The minimum absolute atomic E-state index is 0.123. The number of rotatable bonds is 27. The molecule has 12 aliphatic rings. The Hall–Kier alpha value is -6.84. The van der Waals surface area contributed by atoms with Crippen LogP contribution in [-0.4, -0.2) is 169 Å². The number of nitrogens with one attached hydrogen (secondary N) is 6. The van der Waals surface area contributed by atoms with Crippen molar-refractivity contribution >= 4 is 35.4 Å². The number of nitrogens with two attached hydrogens (primary N) is 1. The summed E-state index contributed by atoms with van der Waals surface area (Å²) < 4.78 is 38.3. The van der Waals surface area contributed by atoms with Crippen LogP contribution in [0.3, 0.4) is 0 Å². The molecule has 3 aromatic rings. The number of carbonyl (C=O) groups is 6. The molecule has 12 heterocycles. The van der Waals surface area contributed by atoms with E-state index in [0.29, 0.717) is 57.9 Å². The Bertz CT molecular complexity index is 2450. The Morgan fingerprint density at radius 2 is 0.607 bits per heavy atom. The van der Waals surface area contributed by atoms with E-state index < -0.39 is 41.5 Å². The fraction of sp³-hybridized carbons (Fsp3) is 0.619. The third kappa shape index (κ3) is 21.0. The van der Waals surface area contributed by atoms with Crippen molar-refractivity contribution in [3.63, 3.8) is 0 Å². The highest BCUT2D eigenvalue weighted by atomic mass is 16.5. The summed E-state index contributed by atoms with van der Waals surface area (Å²) >= 11 is 0. The molecule has 12 aliphatic heterocycles. The third-order valence-corrected chi connectivity index (χ3v) is 14.4. The van der Waals surface area contributed by atoms with Crippen LogP contribution in [0.1, 0.15) is 194 Å². The van der Waals surface area contributed by atoms with E-state index in [2.05, 4.69) is 31.9 Å². The van der Waals surface area contributed by atoms with Crippen molar-refractivity contribution in [2.45, 2.75) is 137 Å². The van der Waals surface area contributed by atoms with E-state index in [0.717, 1.165) is 38.5 Å². The van der Waals surface area contributed by atoms with Crippen molar-refractivity contribution < 1.29 is 57.2 Å². The zero-order chi connectivity index (χ0) is 60.5. The summed E-state index contributed by atoms with van der Waals surface area (Å²) in [7, 11) is 0. The van der Waals surface area contributed by atoms with Crippen LogP contribution >= 0.6 is 0 Å². The van der Waals surface area contributed by atoms with E-state index >= 15 is 0 Å². The van der Waals surface area contributed by atoms with Gasteiger partial charge in [-0.3, -0.25) is 38.6 Å². The van der Waals surface area contributed by atoms with Crippen molar-refractivity contribution in [1.29, 1.82) is 0 Å². The Morgan fingerprint density at radius 3 is 0.845 bits per heavy atom. The molecule has 0 radical (unpaired) electrons. The molecule has 84 heavy (non-hydrogen) atoms. The van der Waals surface area contributed by atoms with Crippen molar-refractivity contribution in [1.82, 2.24) is 41.7 Å². The molecule has 21 nitrogen and oxygen atoms in total. The molecule has 0 saturated carbocycles. The molecule has 1 atom stereocenters. The average Bonchev–Trinajstić information content (AvgIpc) is 3.57. The lowest BCUT2D eigenvalue weighted by atomic mass is 10.0. The molecule has 0 aliphatic carbocycles. The lowest BCUT2D eigenvalue weighted by Crippen LogP contribution is -2.48. The van der Waals surface area contributed by atoms with Gasteiger partial charge < -0.3 is 66.1 Å². The summed E-state index contributed by atoms with van der Waals surface area (Å²) in [5.41, 5.74) is 7.31. The maximum Gasteiger partial charge on any atom is 0.255 e. The van der Waals surface area contributed by atoms with Gasteiger partial charge in [0.15, 0.2) is 34.5 Å². The van der Waals surface area contributed by atoms with Gasteiger partial charge in [0.05, 0.1) is 73.0 Å². The van der Waals surface area contributed by atoms with E-state index in [4.69, 9.17) is 34.2 Å². The van der Waals surface area contributed by atoms with Gasteiger partial charge in [-0.1, -0.05) is 80.1 Å². The van der Waals surface area contributed by atoms with Crippen molar-refractivity contribution in [3.05, 3.63) is 69.8 Å². The molecule has 466 valence electrons. The minimum Gasteiger partial charge on any atom is -0.489 e. The van der Waals surface area contributed by atoms with Crippen molar-refractivity contribution in [3.8, 4) is 34.5 Å². The first-order chi connectivity index (χ1) is 40.9. The molecular formula is C63H97N9O12. The predicted molar refractivity (Wildman–Crippen MR) is 326 cm³/mol. The second-order valence-electron chi connectivity index (χ2n) is 21.2. The van der Waals surface area contributed by atoms with Crippen LogP contribution in [-0.2, 0) is 0 Å². The van der Waals surface area contributed by atoms with Crippen LogP contribution in [0.15, 0.2) is 36.4 Å². The molecule has 8 N–H and O–H groups in total. The highest BCUT2D eigenvalue weighted by molar-refractivity contribution is 6.05. The number of ether oxygens (including phenoxy) is 6. The molecule has 0 spiro atoms. The predicted octanol–water partition coefficient (Wildman–Crippen LogP) is 7.28. The van der Waals surface area contributed by atoms with Gasteiger partial charge in [0.2, 0.25) is 0 Å². The topological polar surface area (TPSA) is 262 Å². The largest absolute Gasteiger partial charge is 0.489 e. The van der Waals surface area contributed by atoms with Gasteiger partial charge in [0.25, 0.3) is 35.4 Å². The van der Waals surface area contributed by atoms with Gasteiger partial charge in [-0.15, -0.1) is 0 Å². The lowest BCUT2D eigenvalue weighted by molar-refractivity contribution is 0.0898. The number of benzene rings is 3. The molecule has 0 aromatic heterocycles. The lowest BCUT2D eigenvalue weighted by Gasteiger charge is -2.29. The average molecular weight is 1170 g/mol. The molecule has 0 saturated heterocycles. The summed E-state index contributed by atoms with van der Waals surface area (Å²) in [6.45, 7) is 16.5. The van der Waals surface area contributed by atoms with Crippen LogP contribution in [0.5, 0.6) is 34.5 Å². The number of amides is 6. The van der Waals surface area contributed by atoms with Gasteiger partial charge >= 0.3 is 0 Å². The fourth-order valence-corrected chi connectivity index (χ4v) is 9.42. The Morgan fingerprint density at radius 1 is 0.369 bits per heavy atom. The maximum atomic E-state index is 14.9. The van der Waals surface area contributed by atoms with E-state index in [-0.39, 0.29) is 180 Å². The van der Waals surface area contributed by atoms with Gasteiger partial charge in [-0.2, -0.15) is 0 Å². The van der Waals surface area contributed by atoms with Crippen LogP contribution in [0, 0.1) is 0 Å². The van der Waals surface area contributed by atoms with Crippen LogP contribution in [0.25, 0.3) is 0 Å². The van der Waals surface area contributed by atoms with E-state index in [1.54, 1.807) is 36.4 Å². The van der Waals surface area contributed by atoms with Crippen LogP contribution in [0.2, 0.25) is 0 Å². The zero-order valence-corrected chi connectivity index (χ0v) is 51.0. The van der Waals surface area contributed by atoms with E-state index in [9.17, 15) is 28.8 Å². The van der Waals surface area contributed by atoms with Gasteiger partial charge in [-0.05, 0) is 94.3 Å². The molecule has 15 rings (SSSR count). The number of carbonyl (C=O) groups excluding carboxylic acids is 6. The smallest absolute Gasteiger partial charge is 0.255 e. The number of hydrogen-bond donors (Lipinski definition) is 7. The Balaban J connectivity index is 1.71. The first-order valence-corrected chi connectivity index (χ1v) is 31.1. The molecular weight excluding hydrogens is 1070 g/mol. The highest BCUT2D eigenvalue weighted by Gasteiger charge is 2.30. The normalized spacial score (nSPS) is 17.8. The second-order valence-corrected chi connectivity index (χ2v) is 21.2. The summed E-state index contributed by atoms with van der Waals surface area (Å²) in [4.78, 5) is 91.2. The SMILES string of the molecule is CCCCOc1c2ccc(c1OCCCC)C(=O)NCCN1CCNC(=O)c3ccc(c(OCCCC)c3OCCCC)C(=O)NCCN(CCNC2=O)CCNC(=O)c2ccc(c(OCCCC)c2OCCCC)C(=O)NC(CCCN)C1. The monoisotopic (exact) mass is 1170 g/mol. The van der Waals surface area contributed by atoms with Gasteiger partial charge in [0.1, 0.15) is 0 Å². The summed E-state index contributed by atoms with van der Waals surface area (Å²) in [5.74, 6) is -1.67. The first-order valence-electron chi connectivity index (χ1n) is 31.1. The van der Waals surface area contributed by atoms with Gasteiger partial charge in [0, 0.05) is 78.0 Å². The highest BCUT2D eigenvalue weighted by Crippen LogP contribution is 2.39. The minimum atomic E-state index is -0.511. The standard InChI is InChI=1S/C63H97N9O12/c1-7-13-38-79-52-46-21-23-48(54(52)81-40-15-9-3)61(76)68-31-36-72-37-32-69-62(77)49-24-22-47(53(80-39-14-8-2)55(49)82-41-16-10-4)59(74)66-29-34-71(33-28-65-58(46)73)35-30-67-60(75)50-25-26-51(63(78)70-45(44-72)20-19-27-64)57(84-43-18-12-6)56(50)83-42-17-11-5/h21-26,45H,7-20,27-44,64H2,1-6H3,(H,65,73)(H,66,74)(H,67,75)(H,68,76)(H,69,77)(H,70,78). The zero-order valence-electron chi connectivity index (χ0n) is 51.0. The maximum absolute atomic E-state index is 14.9. The van der Waals surface area contributed by atoms with Gasteiger partial charge in [-0.25, -0.2) is 0 Å². The number of unbranched alkanes of at least 4 members (excludes halogenated alkanes) is 6. The van der Waals surface area contributed by atoms with E-state index in [1.165, 1.54) is 0 Å². The molecule has 1 unspecified atom stereocenters. The molecule has 0 fully saturated rings. The summed E-state index contributed by atoms with van der Waals surface area (Å²) in [6.07, 6.45) is 10.1. The molecule has 8 bridgehead atoms. The van der Waals surface area contributed by atoms with Crippen LogP contribution < -0.4 is 66.1 Å². The number of nitrogens with zero attached hydrogens (tertiary/aromatic N) is 2. The Kier molecular flexibility index (Phi) is 30.9. The van der Waals surface area contributed by atoms with Crippen molar-refractivity contribution in [2.75, 3.05) is 118 Å². The molecule has 3 aromatic carbocycles. The van der Waals surface area contributed by atoms with Crippen molar-refractivity contribution in [2.24, 2.45) is 5.73 Å². The molecule has 21 heteroatoms. The summed E-state index contributed by atoms with van der Waals surface area (Å²) in [6, 6.07) is 8.98. The first kappa shape index (κ1) is 67.9. The second kappa shape index (κ2) is 38.2.